The lowest BCUT2D eigenvalue weighted by atomic mass is 9.96. The quantitative estimate of drug-likeness (QED) is 0.218. The Bertz CT molecular complexity index is 1070. The van der Waals surface area contributed by atoms with Crippen LogP contribution in [0.5, 0.6) is 0 Å². The second kappa shape index (κ2) is 9.23. The van der Waals surface area contributed by atoms with Gasteiger partial charge in [-0.05, 0) is 25.2 Å². The molecular weight excluding hydrogens is 534 g/mol. The molecule has 2 heterocycles. The number of hydrogen-bond acceptors (Lipinski definition) is 10. The van der Waals surface area contributed by atoms with E-state index in [1.54, 1.807) is 0 Å². The lowest BCUT2D eigenvalue weighted by Crippen LogP contribution is -2.49. The highest BCUT2D eigenvalue weighted by atomic mass is 32.1. The minimum Gasteiger partial charge on any atom is -0.383 e. The van der Waals surface area contributed by atoms with Crippen LogP contribution in [-0.4, -0.2) is 65.1 Å². The fraction of sp³-hybridized carbons (Fsp3) is 0.636. The van der Waals surface area contributed by atoms with E-state index in [1.165, 1.54) is 13.0 Å². The molecule has 14 nitrogen and oxygen atoms in total. The summed E-state index contributed by atoms with van der Waals surface area (Å²) >= 11 is 4.87. The highest BCUT2D eigenvalue weighted by Gasteiger charge is 2.67. The maximum absolute atomic E-state index is 15.1. The van der Waals surface area contributed by atoms with Gasteiger partial charge in [0.1, 0.15) is 13.3 Å². The summed E-state index contributed by atoms with van der Waals surface area (Å²) in [5.74, 6) is -3.74. The normalized spacial score (nSPS) is 32.4. The van der Waals surface area contributed by atoms with Crippen molar-refractivity contribution in [1.29, 1.82) is 0 Å². The van der Waals surface area contributed by atoms with Gasteiger partial charge in [0.05, 0.1) is 0 Å². The molecule has 1 aromatic heterocycles. The lowest BCUT2D eigenvalue weighted by Gasteiger charge is -2.27. The number of hydrogen-bond donors (Lipinski definition) is 5. The molecule has 1 aromatic rings. The van der Waals surface area contributed by atoms with Gasteiger partial charge in [0.2, 0.25) is 10.4 Å². The molecule has 0 spiro atoms. The van der Waals surface area contributed by atoms with E-state index in [-0.39, 0.29) is 0 Å². The van der Waals surface area contributed by atoms with Gasteiger partial charge in [-0.25, -0.2) is 31.9 Å². The highest BCUT2D eigenvalue weighted by molar-refractivity contribution is 7.71. The fourth-order valence-corrected chi connectivity index (χ4v) is 5.86. The number of aryl methyl sites for hydroxylation is 1. The molecule has 0 saturated carbocycles. The van der Waals surface area contributed by atoms with E-state index < -0.39 is 65.4 Å². The number of halogens is 3. The number of aliphatic hydroxyl groups excluding tert-OH is 1. The number of rotatable bonds is 9. The smallest absolute Gasteiger partial charge is 0.383 e. The molecule has 5 N–H and O–H groups in total. The monoisotopic (exact) mass is 550 g/mol. The van der Waals surface area contributed by atoms with Gasteiger partial charge in [0, 0.05) is 11.9 Å². The Hall–Kier alpha value is -0.580. The molecule has 1 aliphatic heterocycles. The topological polar surface area (TPSA) is 207 Å². The summed E-state index contributed by atoms with van der Waals surface area (Å²) in [6, 6.07) is 1.27. The fourth-order valence-electron chi connectivity index (χ4n) is 2.53. The molecule has 1 fully saturated rings. The van der Waals surface area contributed by atoms with E-state index in [2.05, 4.69) is 18.1 Å². The Labute approximate surface area is 182 Å². The molecule has 1 saturated heterocycles. The third-order valence-electron chi connectivity index (χ3n) is 3.85. The van der Waals surface area contributed by atoms with Crippen molar-refractivity contribution in [3.8, 4) is 0 Å². The standard InChI is InChI=1S/C11H16F3N2O12P3S/c1-6-2-3-16(9(32)15-6)8-10(13,4-12)7(17)11(14,26-8)5-25-30(21,22)28-31(23,24)27-29(18,19)20/h2-3,7-8,17H,4-5H2,1H3,(H,21,22)(H,23,24)(H2,18,19,20)/t7?,8-,10-,11-/m1/s1. The van der Waals surface area contributed by atoms with Gasteiger partial charge in [-0.3, -0.25) is 9.09 Å². The van der Waals surface area contributed by atoms with Gasteiger partial charge in [-0.15, -0.1) is 0 Å². The van der Waals surface area contributed by atoms with Crippen molar-refractivity contribution in [2.24, 2.45) is 0 Å². The molecule has 184 valence electrons. The first-order valence-electron chi connectivity index (χ1n) is 7.98. The number of phosphoric ester groups is 1. The van der Waals surface area contributed by atoms with Gasteiger partial charge in [-0.2, -0.15) is 8.62 Å². The van der Waals surface area contributed by atoms with Gasteiger partial charge < -0.3 is 29.4 Å². The van der Waals surface area contributed by atoms with Gasteiger partial charge in [0.25, 0.3) is 5.85 Å². The number of aromatic nitrogens is 2. The van der Waals surface area contributed by atoms with Crippen LogP contribution in [0.3, 0.4) is 0 Å². The third-order valence-corrected chi connectivity index (χ3v) is 7.93. The molecule has 32 heavy (non-hydrogen) atoms. The molecule has 21 heteroatoms. The van der Waals surface area contributed by atoms with Crippen molar-refractivity contribution in [1.82, 2.24) is 9.55 Å². The van der Waals surface area contributed by atoms with Crippen molar-refractivity contribution in [3.05, 3.63) is 22.7 Å². The number of ether oxygens (including phenoxy) is 1. The van der Waals surface area contributed by atoms with Crippen LogP contribution >= 0.6 is 35.7 Å². The van der Waals surface area contributed by atoms with E-state index in [0.29, 0.717) is 10.3 Å². The van der Waals surface area contributed by atoms with Gasteiger partial charge in [0.15, 0.2) is 12.3 Å². The number of nitrogens with zero attached hydrogens (tertiary/aromatic N) is 2. The maximum atomic E-state index is 15.1. The van der Waals surface area contributed by atoms with Crippen LogP contribution < -0.4 is 0 Å². The Morgan fingerprint density at radius 1 is 1.22 bits per heavy atom. The summed E-state index contributed by atoms with van der Waals surface area (Å²) in [4.78, 5) is 39.1. The van der Waals surface area contributed by atoms with Crippen molar-refractivity contribution in [2.45, 2.75) is 30.8 Å². The van der Waals surface area contributed by atoms with Crippen molar-refractivity contribution >= 4 is 35.7 Å². The summed E-state index contributed by atoms with van der Waals surface area (Å²) in [5.41, 5.74) is -3.14. The van der Waals surface area contributed by atoms with Crippen LogP contribution in [0.1, 0.15) is 11.9 Å². The Morgan fingerprint density at radius 2 is 1.81 bits per heavy atom. The van der Waals surface area contributed by atoms with E-state index in [1.807, 2.05) is 0 Å². The summed E-state index contributed by atoms with van der Waals surface area (Å²) in [7, 11) is -17.5. The summed E-state index contributed by atoms with van der Waals surface area (Å²) in [5, 5.41) is 10.0. The highest BCUT2D eigenvalue weighted by Crippen LogP contribution is 2.66. The van der Waals surface area contributed by atoms with Gasteiger partial charge >= 0.3 is 23.5 Å². The molecule has 0 aliphatic carbocycles. The first-order chi connectivity index (χ1) is 14.3. The molecular formula is C11H16F3N2O12P3S. The third kappa shape index (κ3) is 6.30. The van der Waals surface area contributed by atoms with Crippen LogP contribution in [0.2, 0.25) is 0 Å². The van der Waals surface area contributed by atoms with E-state index in [9.17, 15) is 28.1 Å². The van der Waals surface area contributed by atoms with E-state index in [0.717, 1.165) is 6.20 Å². The first-order valence-corrected chi connectivity index (χ1v) is 12.9. The molecule has 0 aromatic carbocycles. The van der Waals surface area contributed by atoms with Crippen LogP contribution in [-0.2, 0) is 31.6 Å². The Kier molecular flexibility index (Phi) is 7.98. The van der Waals surface area contributed by atoms with Crippen molar-refractivity contribution in [3.63, 3.8) is 0 Å². The predicted octanol–water partition coefficient (Wildman–Crippen LogP) is 1.50. The van der Waals surface area contributed by atoms with Gasteiger partial charge in [-0.1, -0.05) is 0 Å². The van der Waals surface area contributed by atoms with E-state index >= 15 is 8.78 Å². The molecule has 6 atom stereocenters. The minimum atomic E-state index is -5.92. The van der Waals surface area contributed by atoms with Crippen LogP contribution in [0, 0.1) is 11.7 Å². The SMILES string of the molecule is Cc1ccn([C@@H]2O[C@](F)(COP(=O)(O)OP(=O)(O)OP(=O)(O)O)C(O)[C@]2(F)CF)c(=S)n1. The number of phosphoric acid groups is 3. The Balaban J connectivity index is 2.26. The molecule has 2 rings (SSSR count). The molecule has 0 bridgehead atoms. The summed E-state index contributed by atoms with van der Waals surface area (Å²) in [6.45, 7) is -2.40. The largest absolute Gasteiger partial charge is 0.490 e. The van der Waals surface area contributed by atoms with E-state index in [4.69, 9.17) is 31.6 Å². The second-order valence-electron chi connectivity index (χ2n) is 6.34. The molecule has 3 unspecified atom stereocenters. The number of aliphatic hydroxyl groups is 1. The van der Waals surface area contributed by atoms with Crippen LogP contribution in [0.15, 0.2) is 12.3 Å². The molecule has 1 aliphatic rings. The Morgan fingerprint density at radius 3 is 2.31 bits per heavy atom. The minimum absolute atomic E-state index is 0.355. The maximum Gasteiger partial charge on any atom is 0.490 e. The second-order valence-corrected chi connectivity index (χ2v) is 11.1. The first kappa shape index (κ1) is 27.7. The number of alkyl halides is 3. The van der Waals surface area contributed by atoms with Crippen LogP contribution in [0.25, 0.3) is 0 Å². The van der Waals surface area contributed by atoms with Crippen LogP contribution in [0.4, 0.5) is 13.2 Å². The summed E-state index contributed by atoms with van der Waals surface area (Å²) < 4.78 is 93.2. The molecule has 0 radical (unpaired) electrons. The molecule has 0 amide bonds. The zero-order valence-electron chi connectivity index (χ0n) is 15.6. The van der Waals surface area contributed by atoms with Crippen molar-refractivity contribution in [2.75, 3.05) is 13.3 Å². The van der Waals surface area contributed by atoms with Crippen molar-refractivity contribution < 1.29 is 69.4 Å². The zero-order valence-corrected chi connectivity index (χ0v) is 19.1. The lowest BCUT2D eigenvalue weighted by molar-refractivity contribution is -0.204. The summed E-state index contributed by atoms with van der Waals surface area (Å²) in [6.07, 6.45) is -4.20. The average molecular weight is 550 g/mol. The predicted molar refractivity (Wildman–Crippen MR) is 97.4 cm³/mol. The zero-order chi connectivity index (χ0) is 24.8. The average Bonchev–Trinajstić information content (AvgIpc) is 2.80.